The fourth-order valence-electron chi connectivity index (χ4n) is 17.8. The minimum Gasteiger partial charge on any atom is -0.452 e. The summed E-state index contributed by atoms with van der Waals surface area (Å²) >= 11 is 0. The van der Waals surface area contributed by atoms with Gasteiger partial charge in [-0.1, -0.05) is 200 Å². The van der Waals surface area contributed by atoms with E-state index >= 15 is 0 Å². The lowest BCUT2D eigenvalue weighted by Crippen LogP contribution is -2.66. The molecule has 13 aromatic carbocycles. The van der Waals surface area contributed by atoms with Crippen LogP contribution < -0.4 is 78.5 Å². The van der Waals surface area contributed by atoms with Crippen molar-refractivity contribution in [3.8, 4) is 44.9 Å². The number of hydrogen-bond acceptors (Lipinski definition) is 10. The Balaban J connectivity index is 0.901. The lowest BCUT2D eigenvalue weighted by atomic mass is 9.30. The van der Waals surface area contributed by atoms with Gasteiger partial charge in [-0.15, -0.1) is 0 Å². The van der Waals surface area contributed by atoms with Gasteiger partial charge in [0.05, 0.1) is 96.7 Å². The highest BCUT2D eigenvalue weighted by Gasteiger charge is 2.57. The van der Waals surface area contributed by atoms with Crippen molar-refractivity contribution in [2.24, 2.45) is 0 Å². The largest absolute Gasteiger partial charge is 0.452 e. The molecule has 10 nitrogen and oxygen atoms in total. The van der Waals surface area contributed by atoms with Gasteiger partial charge in [-0.25, -0.2) is 0 Å². The molecule has 0 aliphatic carbocycles. The van der Waals surface area contributed by atoms with Crippen molar-refractivity contribution in [1.29, 1.82) is 0 Å². The highest BCUT2D eigenvalue weighted by molar-refractivity contribution is 7.03. The van der Waals surface area contributed by atoms with Crippen molar-refractivity contribution in [2.75, 3.05) is 45.8 Å². The zero-order chi connectivity index (χ0) is 61.6. The maximum atomic E-state index is 7.90. The van der Waals surface area contributed by atoms with E-state index in [9.17, 15) is 0 Å². The first-order valence-corrected chi connectivity index (χ1v) is 32.8. The van der Waals surface area contributed by atoms with E-state index in [2.05, 4.69) is 320 Å². The van der Waals surface area contributed by atoms with Gasteiger partial charge in [0.2, 0.25) is 0 Å². The Hall–Kier alpha value is -12.5. The number of hydrogen-bond donors (Lipinski definition) is 4. The maximum Gasteiger partial charge on any atom is 0.252 e. The Morgan fingerprint density at radius 3 is 1.34 bits per heavy atom. The predicted octanol–water partition coefficient (Wildman–Crippen LogP) is 18.4. The number of furan rings is 1. The van der Waals surface area contributed by atoms with E-state index in [0.717, 1.165) is 164 Å². The molecule has 0 fully saturated rings. The lowest BCUT2D eigenvalue weighted by Gasteiger charge is -2.54. The second-order valence-corrected chi connectivity index (χ2v) is 26.3. The van der Waals surface area contributed by atoms with Crippen molar-refractivity contribution in [3.63, 3.8) is 0 Å². The Morgan fingerprint density at radius 1 is 0.305 bits per heavy atom. The van der Waals surface area contributed by atoms with Gasteiger partial charge in [0.15, 0.2) is 11.5 Å². The van der Waals surface area contributed by atoms with Crippen LogP contribution in [0.1, 0.15) is 5.56 Å². The molecule has 95 heavy (non-hydrogen) atoms. The average Bonchev–Trinajstić information content (AvgIpc) is 1.58. The molecule has 0 spiro atoms. The van der Waals surface area contributed by atoms with E-state index in [1.54, 1.807) is 0 Å². The van der Waals surface area contributed by atoms with E-state index in [0.29, 0.717) is 0 Å². The molecule has 23 rings (SSSR count). The standard InChI is InChI=1S/C83H51B2N9O/c1-46-42-64-67-78-69(46)87-60-35-21-36-61-77(60)94(78)73-55(39-38-54(70(73)88-61)48-24-10-3-11-25-48)84(67)56-40-41-57-75-74(56)91(64)80-81(83(50-28-14-5-15-29-50)95-82(80)49-26-12-4-13-27-49)92(75)65-45-66(90(52-30-16-6-17-31-52)53-32-18-7-19-33-53)71-79-68(65)85(57)58-43-51(47-22-8-2-9-23-47)44-63-72(58)93(79)76-59(86-63)34-20-37-62(76)89-71/h2-45,86-89H,1H3. The molecule has 12 heteroatoms. The number of anilines is 23. The molecule has 14 aromatic rings. The Morgan fingerprint density at radius 2 is 0.758 bits per heavy atom. The molecule has 440 valence electrons. The van der Waals surface area contributed by atoms with E-state index in [4.69, 9.17) is 4.42 Å². The Bertz CT molecular complexity index is 5750. The predicted molar refractivity (Wildman–Crippen MR) is 395 cm³/mol. The molecule has 0 amide bonds. The van der Waals surface area contributed by atoms with Crippen molar-refractivity contribution in [2.45, 2.75) is 6.92 Å². The maximum absolute atomic E-state index is 7.90. The minimum absolute atomic E-state index is 0.198. The Kier molecular flexibility index (Phi) is 9.47. The van der Waals surface area contributed by atoms with E-state index < -0.39 is 0 Å². The van der Waals surface area contributed by atoms with Crippen LogP contribution in [0.5, 0.6) is 0 Å². The number of benzene rings is 13. The summed E-state index contributed by atoms with van der Waals surface area (Å²) in [5, 5.41) is 16.5. The molecule has 0 atom stereocenters. The fourth-order valence-corrected chi connectivity index (χ4v) is 17.8. The number of rotatable bonds is 7. The van der Waals surface area contributed by atoms with Crippen LogP contribution in [-0.2, 0) is 0 Å². The van der Waals surface area contributed by atoms with Crippen molar-refractivity contribution >= 4 is 177 Å². The van der Waals surface area contributed by atoms with E-state index in [1.807, 2.05) is 0 Å². The summed E-state index contributed by atoms with van der Waals surface area (Å²) in [7, 11) is 0. The zero-order valence-corrected chi connectivity index (χ0v) is 51.2. The van der Waals surface area contributed by atoms with Crippen LogP contribution in [0.2, 0.25) is 0 Å². The first-order valence-electron chi connectivity index (χ1n) is 32.8. The fraction of sp³-hybridized carbons (Fsp3) is 0.0120. The highest BCUT2D eigenvalue weighted by Crippen LogP contribution is 2.68. The molecule has 0 bridgehead atoms. The first-order chi connectivity index (χ1) is 47.1. The molecule has 10 heterocycles. The third kappa shape index (κ3) is 6.31. The molecule has 0 unspecified atom stereocenters. The zero-order valence-electron chi connectivity index (χ0n) is 51.2. The monoisotopic (exact) mass is 1210 g/mol. The van der Waals surface area contributed by atoms with Gasteiger partial charge in [-0.3, -0.25) is 0 Å². The summed E-state index contributed by atoms with van der Waals surface area (Å²) in [5.74, 6) is 1.60. The lowest BCUT2D eigenvalue weighted by molar-refractivity contribution is 0.598. The molecule has 1 aromatic heterocycles. The summed E-state index contributed by atoms with van der Waals surface area (Å²) in [5.41, 5.74) is 40.3. The summed E-state index contributed by atoms with van der Waals surface area (Å²) in [4.78, 5) is 13.0. The molecule has 0 saturated heterocycles. The number of fused-ring (bicyclic) bond motifs is 9. The summed E-state index contributed by atoms with van der Waals surface area (Å²) in [6, 6.07) is 98.3. The van der Waals surface area contributed by atoms with Gasteiger partial charge in [0, 0.05) is 39.4 Å². The second kappa shape index (κ2) is 17.9. The van der Waals surface area contributed by atoms with Crippen LogP contribution in [-0.4, -0.2) is 13.4 Å². The molecule has 9 aliphatic rings. The molecular formula is C83H51B2N9O. The van der Waals surface area contributed by atoms with E-state index in [-0.39, 0.29) is 13.4 Å². The van der Waals surface area contributed by atoms with Gasteiger partial charge in [0.1, 0.15) is 11.4 Å². The van der Waals surface area contributed by atoms with Gasteiger partial charge in [0.25, 0.3) is 13.4 Å². The number of nitrogens with zero attached hydrogens (tertiary/aromatic N) is 5. The van der Waals surface area contributed by atoms with Crippen LogP contribution in [0.4, 0.5) is 131 Å². The number of nitrogens with one attached hydrogen (secondary N) is 4. The molecular weight excluding hydrogens is 1160 g/mol. The third-order valence-electron chi connectivity index (χ3n) is 21.4. The molecule has 0 radical (unpaired) electrons. The van der Waals surface area contributed by atoms with Crippen molar-refractivity contribution in [1.82, 2.24) is 0 Å². The molecule has 9 aliphatic heterocycles. The van der Waals surface area contributed by atoms with Crippen LogP contribution in [0.15, 0.2) is 271 Å². The smallest absolute Gasteiger partial charge is 0.252 e. The third-order valence-corrected chi connectivity index (χ3v) is 21.4. The number of para-hydroxylation sites is 4. The highest BCUT2D eigenvalue weighted by atomic mass is 16.3. The normalized spacial score (nSPS) is 14.2. The number of aryl methyl sites for hydroxylation is 1. The first kappa shape index (κ1) is 50.2. The van der Waals surface area contributed by atoms with Gasteiger partial charge < -0.3 is 50.2 Å². The van der Waals surface area contributed by atoms with Crippen LogP contribution in [0.25, 0.3) is 44.9 Å². The van der Waals surface area contributed by atoms with Crippen LogP contribution in [0, 0.1) is 6.92 Å². The summed E-state index contributed by atoms with van der Waals surface area (Å²) in [6.07, 6.45) is 0. The SMILES string of the molecule is Cc1cc2c3c4c1Nc1cccc5c1N4c1c(ccc(-c4ccccc4)c1N5)B3c1ccc3c4c1N2c1c(-c2ccccc2)oc(-c2ccccc2)c1N4c1cc(N(c2ccccc2)c2ccccc2)c2c4c1B3c1cc(-c3ccccc3)cc3c1N4c1c(cccc1N2)N3. The topological polar surface area (TPSA) is 77.5 Å². The van der Waals surface area contributed by atoms with Gasteiger partial charge >= 0.3 is 0 Å². The summed E-state index contributed by atoms with van der Waals surface area (Å²) in [6.45, 7) is 1.85. The average molecular weight is 1210 g/mol. The second-order valence-electron chi connectivity index (χ2n) is 26.3. The van der Waals surface area contributed by atoms with E-state index in [1.165, 1.54) is 49.7 Å². The van der Waals surface area contributed by atoms with Gasteiger partial charge in [-0.2, -0.15) is 0 Å². The van der Waals surface area contributed by atoms with Crippen molar-refractivity contribution in [3.05, 3.63) is 272 Å². The quantitative estimate of drug-likeness (QED) is 0.116. The van der Waals surface area contributed by atoms with Gasteiger partial charge in [-0.05, 0) is 129 Å². The molecule has 0 saturated carbocycles. The van der Waals surface area contributed by atoms with Crippen LogP contribution >= 0.6 is 0 Å². The van der Waals surface area contributed by atoms with Crippen molar-refractivity contribution < 1.29 is 4.42 Å². The molecule has 4 N–H and O–H groups in total. The van der Waals surface area contributed by atoms with Crippen LogP contribution in [0.3, 0.4) is 0 Å². The summed E-state index contributed by atoms with van der Waals surface area (Å²) < 4.78 is 7.90. The Labute approximate surface area is 548 Å². The minimum atomic E-state index is -0.255.